The van der Waals surface area contributed by atoms with Crippen LogP contribution in [0.4, 0.5) is 0 Å². The summed E-state index contributed by atoms with van der Waals surface area (Å²) < 4.78 is 0. The molecule has 0 rings (SSSR count). The molecule has 2 nitrogen and oxygen atoms in total. The highest BCUT2D eigenvalue weighted by Crippen LogP contribution is 2.12. The molecule has 0 unspecified atom stereocenters. The van der Waals surface area contributed by atoms with Crippen molar-refractivity contribution in [3.05, 3.63) is 0 Å². The van der Waals surface area contributed by atoms with Gasteiger partial charge in [-0.2, -0.15) is 0 Å². The summed E-state index contributed by atoms with van der Waals surface area (Å²) in [6, 6.07) is 0. The Morgan fingerprint density at radius 2 is 1.15 bits per heavy atom. The van der Waals surface area contributed by atoms with Crippen molar-refractivity contribution in [3.8, 4) is 0 Å². The molecular weight excluding hydrogens is 248 g/mol. The van der Waals surface area contributed by atoms with Crippen LogP contribution < -0.4 is 0 Å². The van der Waals surface area contributed by atoms with Gasteiger partial charge in [0.2, 0.25) is 0 Å². The number of hydrogen-bond acceptors (Lipinski definition) is 2. The van der Waals surface area contributed by atoms with Gasteiger partial charge >= 0.3 is 0 Å². The molecule has 118 valence electrons. The molecule has 0 aromatic heterocycles. The molecule has 20 heavy (non-hydrogen) atoms. The predicted octanol–water partition coefficient (Wildman–Crippen LogP) is 5.34. The summed E-state index contributed by atoms with van der Waals surface area (Å²) in [4.78, 5) is 22.9. The second kappa shape index (κ2) is 12.1. The first kappa shape index (κ1) is 19.3. The van der Waals surface area contributed by atoms with Crippen LogP contribution >= 0.6 is 0 Å². The lowest BCUT2D eigenvalue weighted by Crippen LogP contribution is -2.05. The second-order valence-corrected chi connectivity index (χ2v) is 6.73. The van der Waals surface area contributed by atoms with E-state index in [-0.39, 0.29) is 5.92 Å². The van der Waals surface area contributed by atoms with Gasteiger partial charge in [-0.15, -0.1) is 0 Å². The maximum Gasteiger partial charge on any atom is 0.135 e. The molecule has 0 aliphatic carbocycles. The molecule has 0 amide bonds. The lowest BCUT2D eigenvalue weighted by Gasteiger charge is -2.05. The van der Waals surface area contributed by atoms with Crippen molar-refractivity contribution in [2.45, 2.75) is 91.9 Å². The van der Waals surface area contributed by atoms with Crippen molar-refractivity contribution in [2.24, 2.45) is 11.8 Å². The van der Waals surface area contributed by atoms with Crippen LogP contribution in [-0.4, -0.2) is 11.6 Å². The van der Waals surface area contributed by atoms with Crippen LogP contribution in [0.15, 0.2) is 0 Å². The SMILES string of the molecule is CC(C)CC(=O)CCCCCCCCCC(=O)C(C)C. The molecule has 0 bridgehead atoms. The fourth-order valence-corrected chi connectivity index (χ4v) is 2.35. The number of ketones is 2. The molecule has 0 aromatic rings. The van der Waals surface area contributed by atoms with Crippen LogP contribution in [0.1, 0.15) is 91.9 Å². The third kappa shape index (κ3) is 12.4. The van der Waals surface area contributed by atoms with Crippen molar-refractivity contribution in [1.29, 1.82) is 0 Å². The molecule has 0 saturated heterocycles. The monoisotopic (exact) mass is 282 g/mol. The highest BCUT2D eigenvalue weighted by molar-refractivity contribution is 5.80. The first-order chi connectivity index (χ1) is 9.43. The highest BCUT2D eigenvalue weighted by atomic mass is 16.1. The van der Waals surface area contributed by atoms with E-state index in [1.165, 1.54) is 32.1 Å². The molecule has 0 aromatic carbocycles. The molecule has 0 atom stereocenters. The molecule has 0 saturated carbocycles. The van der Waals surface area contributed by atoms with Crippen LogP contribution in [0.25, 0.3) is 0 Å². The van der Waals surface area contributed by atoms with Crippen molar-refractivity contribution in [1.82, 2.24) is 0 Å². The van der Waals surface area contributed by atoms with Crippen LogP contribution in [-0.2, 0) is 9.59 Å². The maximum absolute atomic E-state index is 11.5. The van der Waals surface area contributed by atoms with Gasteiger partial charge in [-0.05, 0) is 18.8 Å². The third-order valence-corrected chi connectivity index (χ3v) is 3.66. The van der Waals surface area contributed by atoms with Crippen molar-refractivity contribution in [3.63, 3.8) is 0 Å². The van der Waals surface area contributed by atoms with E-state index in [0.717, 1.165) is 32.1 Å². The summed E-state index contributed by atoms with van der Waals surface area (Å²) in [5, 5.41) is 0. The first-order valence-electron chi connectivity index (χ1n) is 8.48. The van der Waals surface area contributed by atoms with Crippen molar-refractivity contribution >= 4 is 11.6 Å². The Hall–Kier alpha value is -0.660. The Kier molecular flexibility index (Phi) is 11.7. The largest absolute Gasteiger partial charge is 0.300 e. The third-order valence-electron chi connectivity index (χ3n) is 3.66. The standard InChI is InChI=1S/C18H34O2/c1-15(2)14-17(19)12-10-8-6-5-7-9-11-13-18(20)16(3)4/h15-16H,5-14H2,1-4H3. The molecule has 2 heteroatoms. The number of Topliss-reactive ketones (excluding diaryl/α,β-unsaturated/α-hetero) is 2. The molecule has 0 fully saturated rings. The summed E-state index contributed by atoms with van der Waals surface area (Å²) in [5.74, 6) is 1.51. The van der Waals surface area contributed by atoms with E-state index in [0.29, 0.717) is 17.5 Å². The van der Waals surface area contributed by atoms with Gasteiger partial charge in [0.15, 0.2) is 0 Å². The number of unbranched alkanes of at least 4 members (excludes halogenated alkanes) is 6. The van der Waals surface area contributed by atoms with E-state index in [9.17, 15) is 9.59 Å². The van der Waals surface area contributed by atoms with Gasteiger partial charge in [-0.25, -0.2) is 0 Å². The van der Waals surface area contributed by atoms with Crippen LogP contribution in [0.3, 0.4) is 0 Å². The number of rotatable bonds is 13. The lowest BCUT2D eigenvalue weighted by atomic mass is 10.0. The normalized spacial score (nSPS) is 11.3. The Morgan fingerprint density at radius 1 is 0.700 bits per heavy atom. The summed E-state index contributed by atoms with van der Waals surface area (Å²) in [6.07, 6.45) is 10.4. The average Bonchev–Trinajstić information content (AvgIpc) is 2.35. The van der Waals surface area contributed by atoms with Crippen LogP contribution in [0.5, 0.6) is 0 Å². The zero-order valence-corrected chi connectivity index (χ0v) is 14.0. The fourth-order valence-electron chi connectivity index (χ4n) is 2.35. The van der Waals surface area contributed by atoms with Gasteiger partial charge in [-0.1, -0.05) is 59.8 Å². The summed E-state index contributed by atoms with van der Waals surface area (Å²) in [6.45, 7) is 8.15. The Labute approximate surface area is 125 Å². The molecule has 0 N–H and O–H groups in total. The lowest BCUT2D eigenvalue weighted by molar-refractivity contribution is -0.122. The quantitative estimate of drug-likeness (QED) is 0.427. The Bertz CT molecular complexity index is 267. The highest BCUT2D eigenvalue weighted by Gasteiger charge is 2.06. The van der Waals surface area contributed by atoms with Crippen molar-refractivity contribution in [2.75, 3.05) is 0 Å². The maximum atomic E-state index is 11.5. The smallest absolute Gasteiger partial charge is 0.135 e. The van der Waals surface area contributed by atoms with E-state index in [1.807, 2.05) is 13.8 Å². The van der Waals surface area contributed by atoms with E-state index >= 15 is 0 Å². The van der Waals surface area contributed by atoms with Gasteiger partial charge in [0, 0.05) is 25.2 Å². The molecule has 0 radical (unpaired) electrons. The van der Waals surface area contributed by atoms with Gasteiger partial charge in [0.1, 0.15) is 11.6 Å². The molecular formula is C18H34O2. The predicted molar refractivity (Wildman–Crippen MR) is 85.9 cm³/mol. The molecule has 0 heterocycles. The zero-order valence-electron chi connectivity index (χ0n) is 14.0. The average molecular weight is 282 g/mol. The van der Waals surface area contributed by atoms with E-state index < -0.39 is 0 Å². The van der Waals surface area contributed by atoms with Gasteiger partial charge in [0.25, 0.3) is 0 Å². The molecule has 0 aliphatic rings. The number of hydrogen-bond donors (Lipinski definition) is 0. The van der Waals surface area contributed by atoms with Gasteiger partial charge < -0.3 is 0 Å². The Balaban J connectivity index is 3.25. The zero-order chi connectivity index (χ0) is 15.4. The van der Waals surface area contributed by atoms with Crippen molar-refractivity contribution < 1.29 is 9.59 Å². The summed E-state index contributed by atoms with van der Waals surface area (Å²) in [7, 11) is 0. The molecule has 0 spiro atoms. The fraction of sp³-hybridized carbons (Fsp3) is 0.889. The minimum Gasteiger partial charge on any atom is -0.300 e. The van der Waals surface area contributed by atoms with Gasteiger partial charge in [0.05, 0.1) is 0 Å². The minimum absolute atomic E-state index is 0.193. The molecule has 0 aliphatic heterocycles. The van der Waals surface area contributed by atoms with E-state index in [2.05, 4.69) is 13.8 Å². The van der Waals surface area contributed by atoms with Gasteiger partial charge in [-0.3, -0.25) is 9.59 Å². The van der Waals surface area contributed by atoms with E-state index in [1.54, 1.807) is 0 Å². The summed E-state index contributed by atoms with van der Waals surface area (Å²) in [5.41, 5.74) is 0. The second-order valence-electron chi connectivity index (χ2n) is 6.73. The minimum atomic E-state index is 0.193. The number of carbonyl (C=O) groups is 2. The number of carbonyl (C=O) groups excluding carboxylic acids is 2. The topological polar surface area (TPSA) is 34.1 Å². The Morgan fingerprint density at radius 3 is 1.60 bits per heavy atom. The summed E-state index contributed by atoms with van der Waals surface area (Å²) >= 11 is 0. The van der Waals surface area contributed by atoms with E-state index in [4.69, 9.17) is 0 Å². The first-order valence-corrected chi connectivity index (χ1v) is 8.48. The van der Waals surface area contributed by atoms with Crippen LogP contribution in [0, 0.1) is 11.8 Å². The van der Waals surface area contributed by atoms with Crippen LogP contribution in [0.2, 0.25) is 0 Å².